The van der Waals surface area contributed by atoms with Crippen LogP contribution in [0.1, 0.15) is 22.7 Å². The first-order valence-electron chi connectivity index (χ1n) is 6.31. The number of aryl methyl sites for hydroxylation is 1. The Hall–Kier alpha value is -1.71. The lowest BCUT2D eigenvalue weighted by Gasteiger charge is -2.18. The van der Waals surface area contributed by atoms with Gasteiger partial charge < -0.3 is 15.2 Å². The van der Waals surface area contributed by atoms with Crippen molar-refractivity contribution in [3.05, 3.63) is 58.1 Å². The van der Waals surface area contributed by atoms with Crippen LogP contribution in [0, 0.1) is 6.92 Å². The number of methoxy groups -OCH3 is 2. The van der Waals surface area contributed by atoms with Crippen molar-refractivity contribution in [1.29, 1.82) is 0 Å². The maximum atomic E-state index is 6.35. The lowest BCUT2D eigenvalue weighted by molar-refractivity contribution is 0.354. The number of ether oxygens (including phenoxy) is 2. The van der Waals surface area contributed by atoms with E-state index < -0.39 is 0 Å². The van der Waals surface area contributed by atoms with E-state index in [1.165, 1.54) is 0 Å². The summed E-state index contributed by atoms with van der Waals surface area (Å²) in [6, 6.07) is 11.3. The van der Waals surface area contributed by atoms with Gasteiger partial charge in [0, 0.05) is 11.1 Å². The lowest BCUT2D eigenvalue weighted by Crippen LogP contribution is -2.14. The number of hydrogen-bond donors (Lipinski definition) is 1. The quantitative estimate of drug-likeness (QED) is 0.934. The van der Waals surface area contributed by atoms with E-state index in [9.17, 15) is 0 Å². The van der Waals surface area contributed by atoms with Crippen molar-refractivity contribution in [2.45, 2.75) is 13.0 Å². The Balaban J connectivity index is 2.50. The van der Waals surface area contributed by atoms with Gasteiger partial charge in [-0.3, -0.25) is 0 Å². The fourth-order valence-corrected chi connectivity index (χ4v) is 2.48. The van der Waals surface area contributed by atoms with E-state index in [0.29, 0.717) is 16.5 Å². The highest BCUT2D eigenvalue weighted by atomic mass is 35.5. The molecule has 0 aliphatic carbocycles. The van der Waals surface area contributed by atoms with Gasteiger partial charge in [0.05, 0.1) is 20.3 Å². The zero-order valence-corrected chi connectivity index (χ0v) is 12.6. The molecule has 2 aromatic carbocycles. The Morgan fingerprint density at radius 2 is 1.60 bits per heavy atom. The predicted molar refractivity (Wildman–Crippen MR) is 81.8 cm³/mol. The molecule has 2 aromatic rings. The molecule has 0 aromatic heterocycles. The molecule has 0 amide bonds. The number of rotatable bonds is 4. The van der Waals surface area contributed by atoms with Gasteiger partial charge >= 0.3 is 0 Å². The summed E-state index contributed by atoms with van der Waals surface area (Å²) in [6.07, 6.45) is 0. The zero-order valence-electron chi connectivity index (χ0n) is 11.8. The van der Waals surface area contributed by atoms with E-state index in [1.807, 2.05) is 37.3 Å². The maximum absolute atomic E-state index is 6.35. The lowest BCUT2D eigenvalue weighted by atomic mass is 9.95. The topological polar surface area (TPSA) is 44.5 Å². The highest BCUT2D eigenvalue weighted by molar-refractivity contribution is 6.31. The van der Waals surface area contributed by atoms with Crippen LogP contribution in [0.25, 0.3) is 0 Å². The van der Waals surface area contributed by atoms with Gasteiger partial charge in [0.25, 0.3) is 0 Å². The second-order valence-electron chi connectivity index (χ2n) is 4.56. The Kier molecular flexibility index (Phi) is 4.53. The maximum Gasteiger partial charge on any atom is 0.162 e. The van der Waals surface area contributed by atoms with Crippen LogP contribution in [0.3, 0.4) is 0 Å². The molecule has 3 nitrogen and oxygen atoms in total. The monoisotopic (exact) mass is 291 g/mol. The van der Waals surface area contributed by atoms with Gasteiger partial charge in [-0.05, 0) is 29.7 Å². The highest BCUT2D eigenvalue weighted by Crippen LogP contribution is 2.37. The van der Waals surface area contributed by atoms with Crippen LogP contribution in [-0.2, 0) is 0 Å². The van der Waals surface area contributed by atoms with Crippen molar-refractivity contribution < 1.29 is 9.47 Å². The summed E-state index contributed by atoms with van der Waals surface area (Å²) in [7, 11) is 3.17. The van der Waals surface area contributed by atoms with E-state index in [1.54, 1.807) is 20.3 Å². The van der Waals surface area contributed by atoms with Crippen molar-refractivity contribution in [1.82, 2.24) is 0 Å². The summed E-state index contributed by atoms with van der Waals surface area (Å²) in [5.74, 6) is 1.22. The number of benzene rings is 2. The predicted octanol–water partition coefficient (Wildman–Crippen LogP) is 3.71. The Labute approximate surface area is 124 Å². The van der Waals surface area contributed by atoms with Crippen LogP contribution < -0.4 is 15.2 Å². The summed E-state index contributed by atoms with van der Waals surface area (Å²) in [5, 5.41) is 0.568. The average molecular weight is 292 g/mol. The molecule has 0 radical (unpaired) electrons. The summed E-state index contributed by atoms with van der Waals surface area (Å²) in [6.45, 7) is 2.03. The number of halogens is 1. The third-order valence-corrected chi connectivity index (χ3v) is 3.69. The normalized spacial score (nSPS) is 12.1. The summed E-state index contributed by atoms with van der Waals surface area (Å²) < 4.78 is 10.5. The second kappa shape index (κ2) is 6.16. The highest BCUT2D eigenvalue weighted by Gasteiger charge is 2.17. The van der Waals surface area contributed by atoms with Gasteiger partial charge in [0.1, 0.15) is 0 Å². The molecule has 2 N–H and O–H groups in total. The average Bonchev–Trinajstić information content (AvgIpc) is 2.46. The SMILES string of the molecule is COc1cc(Cl)c(C(N)c2ccccc2C)cc1OC. The molecule has 20 heavy (non-hydrogen) atoms. The fraction of sp³-hybridized carbons (Fsp3) is 0.250. The van der Waals surface area contributed by atoms with E-state index in [-0.39, 0.29) is 6.04 Å². The van der Waals surface area contributed by atoms with Gasteiger partial charge in [-0.25, -0.2) is 0 Å². The smallest absolute Gasteiger partial charge is 0.162 e. The molecular formula is C16H18ClNO2. The molecular weight excluding hydrogens is 274 g/mol. The third kappa shape index (κ3) is 2.74. The first-order chi connectivity index (χ1) is 9.58. The van der Waals surface area contributed by atoms with Crippen molar-refractivity contribution in [3.8, 4) is 11.5 Å². The van der Waals surface area contributed by atoms with Gasteiger partial charge in [-0.15, -0.1) is 0 Å². The third-order valence-electron chi connectivity index (χ3n) is 3.36. The van der Waals surface area contributed by atoms with Crippen molar-refractivity contribution in [3.63, 3.8) is 0 Å². The van der Waals surface area contributed by atoms with Gasteiger partial charge in [0.15, 0.2) is 11.5 Å². The van der Waals surface area contributed by atoms with Crippen LogP contribution in [0.2, 0.25) is 5.02 Å². The Morgan fingerprint density at radius 1 is 1.00 bits per heavy atom. The molecule has 0 fully saturated rings. The number of hydrogen-bond acceptors (Lipinski definition) is 3. The first-order valence-corrected chi connectivity index (χ1v) is 6.68. The molecule has 0 spiro atoms. The molecule has 0 heterocycles. The van der Waals surface area contributed by atoms with Crippen LogP contribution >= 0.6 is 11.6 Å². The molecule has 0 aliphatic rings. The van der Waals surface area contributed by atoms with E-state index >= 15 is 0 Å². The minimum absolute atomic E-state index is 0.302. The van der Waals surface area contributed by atoms with Crippen LogP contribution in [0.15, 0.2) is 36.4 Å². The van der Waals surface area contributed by atoms with Crippen LogP contribution in [0.4, 0.5) is 0 Å². The minimum atomic E-state index is -0.302. The van der Waals surface area contributed by atoms with Crippen LogP contribution in [-0.4, -0.2) is 14.2 Å². The molecule has 0 bridgehead atoms. The summed E-state index contributed by atoms with van der Waals surface area (Å²) in [5.41, 5.74) is 9.34. The van der Waals surface area contributed by atoms with E-state index in [4.69, 9.17) is 26.8 Å². The van der Waals surface area contributed by atoms with E-state index in [0.717, 1.165) is 16.7 Å². The van der Waals surface area contributed by atoms with Crippen LogP contribution in [0.5, 0.6) is 11.5 Å². The second-order valence-corrected chi connectivity index (χ2v) is 4.97. The van der Waals surface area contributed by atoms with Gasteiger partial charge in [-0.2, -0.15) is 0 Å². The van der Waals surface area contributed by atoms with Crippen molar-refractivity contribution in [2.75, 3.05) is 14.2 Å². The molecule has 0 aliphatic heterocycles. The molecule has 0 saturated heterocycles. The standard InChI is InChI=1S/C16H18ClNO2/c1-10-6-4-5-7-11(10)16(18)12-8-14(19-2)15(20-3)9-13(12)17/h4-9,16H,18H2,1-3H3. The molecule has 4 heteroatoms. The molecule has 2 rings (SSSR count). The summed E-state index contributed by atoms with van der Waals surface area (Å²) in [4.78, 5) is 0. The first kappa shape index (κ1) is 14.7. The summed E-state index contributed by atoms with van der Waals surface area (Å²) >= 11 is 6.32. The minimum Gasteiger partial charge on any atom is -0.493 e. The van der Waals surface area contributed by atoms with E-state index in [2.05, 4.69) is 0 Å². The van der Waals surface area contributed by atoms with Crippen molar-refractivity contribution in [2.24, 2.45) is 5.73 Å². The molecule has 0 saturated carbocycles. The largest absolute Gasteiger partial charge is 0.493 e. The molecule has 1 atom stereocenters. The number of nitrogens with two attached hydrogens (primary N) is 1. The fourth-order valence-electron chi connectivity index (χ4n) is 2.21. The van der Waals surface area contributed by atoms with Gasteiger partial charge in [0.2, 0.25) is 0 Å². The van der Waals surface area contributed by atoms with Gasteiger partial charge in [-0.1, -0.05) is 35.9 Å². The van der Waals surface area contributed by atoms with Crippen molar-refractivity contribution >= 4 is 11.6 Å². The Bertz CT molecular complexity index is 613. The molecule has 106 valence electrons. The Morgan fingerprint density at radius 3 is 2.20 bits per heavy atom. The zero-order chi connectivity index (χ0) is 14.7. The molecule has 1 unspecified atom stereocenters.